The number of carbonyl (C=O) groups excluding carboxylic acids is 1. The number of aromatic nitrogens is 3. The number of carbonyl (C=O) groups is 1. The number of hydrogen-bond donors (Lipinski definition) is 3. The number of non-ortho nitro benzene ring substituents is 1. The summed E-state index contributed by atoms with van der Waals surface area (Å²) in [4.78, 5) is 36.4. The topological polar surface area (TPSA) is 135 Å². The van der Waals surface area contributed by atoms with Crippen LogP contribution in [0.2, 0.25) is 5.02 Å². The molecule has 0 spiro atoms. The summed E-state index contributed by atoms with van der Waals surface area (Å²) < 4.78 is 13.4. The van der Waals surface area contributed by atoms with Crippen molar-refractivity contribution in [3.8, 4) is 0 Å². The van der Waals surface area contributed by atoms with Crippen molar-refractivity contribution in [1.82, 2.24) is 15.0 Å². The number of rotatable bonds is 10. The van der Waals surface area contributed by atoms with E-state index in [4.69, 9.17) is 11.6 Å². The summed E-state index contributed by atoms with van der Waals surface area (Å²) in [6.45, 7) is 0. The van der Waals surface area contributed by atoms with Gasteiger partial charge in [-0.15, -0.1) is 0 Å². The molecule has 0 saturated carbocycles. The highest BCUT2D eigenvalue weighted by atomic mass is 35.5. The van der Waals surface area contributed by atoms with Gasteiger partial charge in [-0.05, 0) is 84.4 Å². The van der Waals surface area contributed by atoms with Gasteiger partial charge < -0.3 is 16.0 Å². The molecular formula is C30H21ClFN7O3. The van der Waals surface area contributed by atoms with Gasteiger partial charge in [0.1, 0.15) is 5.82 Å². The van der Waals surface area contributed by atoms with Gasteiger partial charge in [0, 0.05) is 39.8 Å². The molecule has 0 aliphatic heterocycles. The van der Waals surface area contributed by atoms with Crippen LogP contribution in [0.15, 0.2) is 103 Å². The second-order valence-electron chi connectivity index (χ2n) is 8.82. The highest BCUT2D eigenvalue weighted by Crippen LogP contribution is 2.23. The lowest BCUT2D eigenvalue weighted by molar-refractivity contribution is -0.384. The number of ketones is 1. The van der Waals surface area contributed by atoms with E-state index in [2.05, 4.69) is 30.9 Å². The van der Waals surface area contributed by atoms with E-state index >= 15 is 0 Å². The van der Waals surface area contributed by atoms with E-state index in [1.807, 2.05) is 0 Å². The molecule has 0 unspecified atom stereocenters. The molecule has 0 bridgehead atoms. The molecule has 1 heterocycles. The maximum Gasteiger partial charge on any atom is 0.270 e. The molecule has 0 amide bonds. The summed E-state index contributed by atoms with van der Waals surface area (Å²) in [6.07, 6.45) is 2.88. The molecule has 5 aromatic rings. The van der Waals surface area contributed by atoms with E-state index in [0.29, 0.717) is 33.2 Å². The fourth-order valence-electron chi connectivity index (χ4n) is 3.73. The van der Waals surface area contributed by atoms with Crippen molar-refractivity contribution in [2.24, 2.45) is 0 Å². The van der Waals surface area contributed by atoms with Crippen LogP contribution in [-0.4, -0.2) is 25.7 Å². The quantitative estimate of drug-likeness (QED) is 0.0656. The average Bonchev–Trinajstić information content (AvgIpc) is 2.99. The third-order valence-electron chi connectivity index (χ3n) is 5.77. The van der Waals surface area contributed by atoms with Crippen LogP contribution < -0.4 is 16.0 Å². The molecule has 0 atom stereocenters. The fourth-order valence-corrected chi connectivity index (χ4v) is 3.85. The lowest BCUT2D eigenvalue weighted by Gasteiger charge is -2.12. The van der Waals surface area contributed by atoms with Crippen LogP contribution in [0.25, 0.3) is 6.08 Å². The van der Waals surface area contributed by atoms with Crippen LogP contribution in [0.1, 0.15) is 15.9 Å². The molecule has 208 valence electrons. The Morgan fingerprint density at radius 1 is 0.762 bits per heavy atom. The Bertz CT molecular complexity index is 1700. The molecule has 0 aliphatic carbocycles. The molecule has 5 rings (SSSR count). The Morgan fingerprint density at radius 3 is 1.79 bits per heavy atom. The van der Waals surface area contributed by atoms with Gasteiger partial charge >= 0.3 is 0 Å². The first-order valence-electron chi connectivity index (χ1n) is 12.5. The largest absolute Gasteiger partial charge is 0.324 e. The van der Waals surface area contributed by atoms with Crippen molar-refractivity contribution in [2.75, 3.05) is 16.0 Å². The summed E-state index contributed by atoms with van der Waals surface area (Å²) in [5, 5.41) is 20.8. The lowest BCUT2D eigenvalue weighted by Crippen LogP contribution is -2.07. The summed E-state index contributed by atoms with van der Waals surface area (Å²) in [6, 6.07) is 25.4. The number of benzene rings is 4. The maximum atomic E-state index is 13.4. The predicted molar refractivity (Wildman–Crippen MR) is 160 cm³/mol. The SMILES string of the molecule is O=C(/C=C/c1cccc([N+](=O)[O-])c1)c1ccc(Nc2nc(Nc3ccc(F)cc3)nc(Nc3ccc(Cl)cc3)n2)cc1. The highest BCUT2D eigenvalue weighted by molar-refractivity contribution is 6.30. The summed E-state index contributed by atoms with van der Waals surface area (Å²) in [5.74, 6) is 0.000418. The second kappa shape index (κ2) is 12.7. The zero-order valence-corrected chi connectivity index (χ0v) is 22.4. The first-order chi connectivity index (χ1) is 20.3. The van der Waals surface area contributed by atoms with Crippen molar-refractivity contribution in [2.45, 2.75) is 0 Å². The van der Waals surface area contributed by atoms with E-state index < -0.39 is 4.92 Å². The third kappa shape index (κ3) is 7.49. The van der Waals surface area contributed by atoms with Crippen LogP contribution in [0.5, 0.6) is 0 Å². The molecule has 12 heteroatoms. The van der Waals surface area contributed by atoms with Gasteiger partial charge in [-0.1, -0.05) is 29.8 Å². The summed E-state index contributed by atoms with van der Waals surface area (Å²) in [5.41, 5.74) is 2.78. The zero-order valence-electron chi connectivity index (χ0n) is 21.7. The van der Waals surface area contributed by atoms with Gasteiger partial charge in [0.25, 0.3) is 5.69 Å². The molecule has 0 aliphatic rings. The van der Waals surface area contributed by atoms with Gasteiger partial charge in [-0.25, -0.2) is 4.39 Å². The van der Waals surface area contributed by atoms with Gasteiger partial charge in [0.05, 0.1) is 4.92 Å². The molecule has 1 aromatic heterocycles. The molecular weight excluding hydrogens is 561 g/mol. The molecule has 0 fully saturated rings. The van der Waals surface area contributed by atoms with E-state index in [1.165, 1.54) is 36.4 Å². The first-order valence-corrected chi connectivity index (χ1v) is 12.8. The number of nitro groups is 1. The number of nitro benzene ring substituents is 1. The van der Waals surface area contributed by atoms with Crippen molar-refractivity contribution in [3.63, 3.8) is 0 Å². The fraction of sp³-hybridized carbons (Fsp3) is 0. The van der Waals surface area contributed by atoms with Gasteiger partial charge in [-0.2, -0.15) is 15.0 Å². The molecule has 0 saturated heterocycles. The Hall–Kier alpha value is -5.68. The Balaban J connectivity index is 1.33. The highest BCUT2D eigenvalue weighted by Gasteiger charge is 2.10. The van der Waals surface area contributed by atoms with Gasteiger partial charge in [-0.3, -0.25) is 14.9 Å². The van der Waals surface area contributed by atoms with E-state index in [0.717, 1.165) is 0 Å². The van der Waals surface area contributed by atoms with Crippen molar-refractivity contribution < 1.29 is 14.1 Å². The smallest absolute Gasteiger partial charge is 0.270 e. The number of nitrogens with zero attached hydrogens (tertiary/aromatic N) is 4. The first kappa shape index (κ1) is 27.9. The second-order valence-corrected chi connectivity index (χ2v) is 9.26. The van der Waals surface area contributed by atoms with Crippen LogP contribution in [0.3, 0.4) is 0 Å². The standard InChI is InChI=1S/C30H21ClFN7O3/c31-21-7-13-24(14-8-21)34-29-36-28(37-30(38-29)35-25-15-9-22(32)10-16-25)33-23-11-5-20(6-12-23)27(40)17-4-19-2-1-3-26(18-19)39(41)42/h1-18H,(H3,33,34,35,36,37,38)/b17-4+. The zero-order chi connectivity index (χ0) is 29.5. The number of nitrogens with one attached hydrogen (secondary N) is 3. The molecule has 42 heavy (non-hydrogen) atoms. The van der Waals surface area contributed by atoms with E-state index in [-0.39, 0.29) is 35.1 Å². The Morgan fingerprint density at radius 2 is 1.26 bits per heavy atom. The monoisotopic (exact) mass is 581 g/mol. The molecule has 10 nitrogen and oxygen atoms in total. The van der Waals surface area contributed by atoms with Crippen molar-refractivity contribution >= 4 is 64.1 Å². The van der Waals surface area contributed by atoms with Crippen LogP contribution >= 0.6 is 11.6 Å². The van der Waals surface area contributed by atoms with Crippen LogP contribution in [0.4, 0.5) is 45.0 Å². The maximum absolute atomic E-state index is 13.4. The summed E-state index contributed by atoms with van der Waals surface area (Å²) >= 11 is 5.99. The molecule has 3 N–H and O–H groups in total. The Kier molecular flexibility index (Phi) is 8.40. The Labute approximate surface area is 244 Å². The third-order valence-corrected chi connectivity index (χ3v) is 6.02. The summed E-state index contributed by atoms with van der Waals surface area (Å²) in [7, 11) is 0. The van der Waals surface area contributed by atoms with Crippen LogP contribution in [-0.2, 0) is 0 Å². The molecule has 4 aromatic carbocycles. The minimum absolute atomic E-state index is 0.0547. The lowest BCUT2D eigenvalue weighted by atomic mass is 10.1. The number of allylic oxidation sites excluding steroid dienone is 1. The van der Waals surface area contributed by atoms with Crippen molar-refractivity contribution in [3.05, 3.63) is 135 Å². The normalized spacial score (nSPS) is 10.8. The number of anilines is 6. The van der Waals surface area contributed by atoms with Crippen LogP contribution in [0, 0.1) is 15.9 Å². The predicted octanol–water partition coefficient (Wildman–Crippen LogP) is 7.70. The number of halogens is 2. The molecule has 0 radical (unpaired) electrons. The van der Waals surface area contributed by atoms with E-state index in [1.54, 1.807) is 72.8 Å². The average molecular weight is 582 g/mol. The van der Waals surface area contributed by atoms with Gasteiger partial charge in [0.2, 0.25) is 17.8 Å². The number of hydrogen-bond acceptors (Lipinski definition) is 9. The van der Waals surface area contributed by atoms with Crippen molar-refractivity contribution in [1.29, 1.82) is 0 Å². The minimum Gasteiger partial charge on any atom is -0.324 e. The minimum atomic E-state index is -0.490. The van der Waals surface area contributed by atoms with Gasteiger partial charge in [0.15, 0.2) is 5.78 Å². The van der Waals surface area contributed by atoms with E-state index in [9.17, 15) is 19.3 Å².